The SMILES string of the molecule is CNCC(C)(C)c1ccc(-c2ccccc2)s1. The van der Waals surface area contributed by atoms with E-state index < -0.39 is 0 Å². The number of benzene rings is 1. The summed E-state index contributed by atoms with van der Waals surface area (Å²) in [4.78, 5) is 2.79. The van der Waals surface area contributed by atoms with E-state index in [9.17, 15) is 0 Å². The van der Waals surface area contributed by atoms with Crippen LogP contribution in [0, 0.1) is 0 Å². The summed E-state index contributed by atoms with van der Waals surface area (Å²) in [7, 11) is 2.01. The molecule has 0 spiro atoms. The highest BCUT2D eigenvalue weighted by Crippen LogP contribution is 2.34. The molecule has 17 heavy (non-hydrogen) atoms. The van der Waals surface area contributed by atoms with Gasteiger partial charge in [-0.2, -0.15) is 0 Å². The monoisotopic (exact) mass is 245 g/mol. The molecule has 0 radical (unpaired) electrons. The standard InChI is InChI=1S/C15H19NS/c1-15(2,11-16-3)14-10-9-13(17-14)12-7-5-4-6-8-12/h4-10,16H,11H2,1-3H3. The van der Waals surface area contributed by atoms with Crippen molar-refractivity contribution in [3.63, 3.8) is 0 Å². The molecule has 0 saturated carbocycles. The second kappa shape index (κ2) is 5.03. The lowest BCUT2D eigenvalue weighted by atomic mass is 9.91. The van der Waals surface area contributed by atoms with Gasteiger partial charge in [-0.15, -0.1) is 11.3 Å². The van der Waals surface area contributed by atoms with Crippen LogP contribution < -0.4 is 5.32 Å². The minimum absolute atomic E-state index is 0.201. The molecule has 0 saturated heterocycles. The fourth-order valence-corrected chi connectivity index (χ4v) is 3.10. The van der Waals surface area contributed by atoms with Crippen LogP contribution in [0.3, 0.4) is 0 Å². The van der Waals surface area contributed by atoms with Crippen LogP contribution in [-0.4, -0.2) is 13.6 Å². The molecule has 0 amide bonds. The van der Waals surface area contributed by atoms with Crippen LogP contribution >= 0.6 is 11.3 Å². The molecule has 2 rings (SSSR count). The third-order valence-corrected chi connectivity index (χ3v) is 4.45. The van der Waals surface area contributed by atoms with E-state index in [4.69, 9.17) is 0 Å². The van der Waals surface area contributed by atoms with Gasteiger partial charge in [-0.25, -0.2) is 0 Å². The number of thiophene rings is 1. The maximum atomic E-state index is 3.26. The summed E-state index contributed by atoms with van der Waals surface area (Å²) in [5.41, 5.74) is 1.51. The van der Waals surface area contributed by atoms with Crippen LogP contribution in [-0.2, 0) is 5.41 Å². The highest BCUT2D eigenvalue weighted by molar-refractivity contribution is 7.15. The summed E-state index contributed by atoms with van der Waals surface area (Å²) in [6, 6.07) is 15.1. The molecule has 1 aromatic heterocycles. The normalized spacial score (nSPS) is 11.7. The molecule has 2 aromatic rings. The maximum absolute atomic E-state index is 3.26. The second-order valence-corrected chi connectivity index (χ2v) is 6.03. The molecule has 1 nitrogen and oxygen atoms in total. The summed E-state index contributed by atoms with van der Waals surface area (Å²) in [6.45, 7) is 5.57. The average molecular weight is 245 g/mol. The first kappa shape index (κ1) is 12.3. The van der Waals surface area contributed by atoms with Crippen molar-refractivity contribution in [1.29, 1.82) is 0 Å². The van der Waals surface area contributed by atoms with Crippen molar-refractivity contribution >= 4 is 11.3 Å². The van der Waals surface area contributed by atoms with Crippen LogP contribution in [0.15, 0.2) is 42.5 Å². The van der Waals surface area contributed by atoms with Crippen LogP contribution in [0.5, 0.6) is 0 Å². The number of nitrogens with one attached hydrogen (secondary N) is 1. The molecule has 90 valence electrons. The number of hydrogen-bond donors (Lipinski definition) is 1. The third kappa shape index (κ3) is 2.76. The minimum Gasteiger partial charge on any atom is -0.319 e. The Hall–Kier alpha value is -1.12. The Morgan fingerprint density at radius 3 is 2.41 bits per heavy atom. The van der Waals surface area contributed by atoms with Crippen molar-refractivity contribution in [2.24, 2.45) is 0 Å². The first-order valence-corrected chi connectivity index (χ1v) is 6.75. The van der Waals surface area contributed by atoms with Gasteiger partial charge in [0.05, 0.1) is 0 Å². The van der Waals surface area contributed by atoms with Gasteiger partial charge in [0.25, 0.3) is 0 Å². The van der Waals surface area contributed by atoms with Crippen LogP contribution in [0.1, 0.15) is 18.7 Å². The second-order valence-electron chi connectivity index (χ2n) is 4.94. The lowest BCUT2D eigenvalue weighted by molar-refractivity contribution is 0.503. The van der Waals surface area contributed by atoms with Gasteiger partial charge < -0.3 is 5.32 Å². The zero-order chi connectivity index (χ0) is 12.3. The lowest BCUT2D eigenvalue weighted by Crippen LogP contribution is -2.29. The molecule has 1 heterocycles. The Bertz CT molecular complexity index is 471. The molecule has 0 aliphatic carbocycles. The Balaban J connectivity index is 2.28. The smallest absolute Gasteiger partial charge is 0.0345 e. The molecular formula is C15H19NS. The van der Waals surface area contributed by atoms with Crippen molar-refractivity contribution in [3.8, 4) is 10.4 Å². The Kier molecular flexibility index (Phi) is 3.65. The van der Waals surface area contributed by atoms with Gasteiger partial charge in [-0.3, -0.25) is 0 Å². The Labute approximate surface area is 108 Å². The molecular weight excluding hydrogens is 226 g/mol. The third-order valence-electron chi connectivity index (χ3n) is 2.95. The molecule has 0 atom stereocenters. The molecule has 2 heteroatoms. The van der Waals surface area contributed by atoms with Gasteiger partial charge in [0.15, 0.2) is 0 Å². The molecule has 0 aliphatic rings. The quantitative estimate of drug-likeness (QED) is 0.861. The van der Waals surface area contributed by atoms with E-state index in [1.54, 1.807) is 0 Å². The highest BCUT2D eigenvalue weighted by atomic mass is 32.1. The average Bonchev–Trinajstić information content (AvgIpc) is 2.80. The Morgan fingerprint density at radius 1 is 1.06 bits per heavy atom. The Morgan fingerprint density at radius 2 is 1.76 bits per heavy atom. The van der Waals surface area contributed by atoms with Crippen LogP contribution in [0.2, 0.25) is 0 Å². The van der Waals surface area contributed by atoms with E-state index in [1.165, 1.54) is 15.3 Å². The van der Waals surface area contributed by atoms with E-state index >= 15 is 0 Å². The highest BCUT2D eigenvalue weighted by Gasteiger charge is 2.21. The number of rotatable bonds is 4. The topological polar surface area (TPSA) is 12.0 Å². The van der Waals surface area contributed by atoms with E-state index in [0.717, 1.165) is 6.54 Å². The van der Waals surface area contributed by atoms with E-state index in [-0.39, 0.29) is 5.41 Å². The predicted molar refractivity (Wildman–Crippen MR) is 76.7 cm³/mol. The van der Waals surface area contributed by atoms with Crippen molar-refractivity contribution in [1.82, 2.24) is 5.32 Å². The van der Waals surface area contributed by atoms with Crippen LogP contribution in [0.4, 0.5) is 0 Å². The van der Waals surface area contributed by atoms with Gasteiger partial charge >= 0.3 is 0 Å². The zero-order valence-corrected chi connectivity index (χ0v) is 11.5. The van der Waals surface area contributed by atoms with Gasteiger partial charge in [0.2, 0.25) is 0 Å². The molecule has 0 aliphatic heterocycles. The lowest BCUT2D eigenvalue weighted by Gasteiger charge is -2.22. The van der Waals surface area contributed by atoms with Gasteiger partial charge in [-0.05, 0) is 24.7 Å². The first-order valence-electron chi connectivity index (χ1n) is 5.94. The van der Waals surface area contributed by atoms with Crippen molar-refractivity contribution in [3.05, 3.63) is 47.3 Å². The fourth-order valence-electron chi connectivity index (χ4n) is 1.99. The largest absolute Gasteiger partial charge is 0.319 e. The minimum atomic E-state index is 0.201. The van der Waals surface area contributed by atoms with E-state index in [2.05, 4.69) is 61.6 Å². The summed E-state index contributed by atoms with van der Waals surface area (Å²) >= 11 is 1.89. The number of hydrogen-bond acceptors (Lipinski definition) is 2. The first-order chi connectivity index (χ1) is 8.13. The van der Waals surface area contributed by atoms with Gasteiger partial charge in [0.1, 0.15) is 0 Å². The molecule has 1 aromatic carbocycles. The van der Waals surface area contributed by atoms with E-state index in [0.29, 0.717) is 0 Å². The van der Waals surface area contributed by atoms with Crippen molar-refractivity contribution in [2.75, 3.05) is 13.6 Å². The van der Waals surface area contributed by atoms with Crippen molar-refractivity contribution < 1.29 is 0 Å². The molecule has 0 bridgehead atoms. The van der Waals surface area contributed by atoms with E-state index in [1.807, 2.05) is 18.4 Å². The zero-order valence-electron chi connectivity index (χ0n) is 10.7. The van der Waals surface area contributed by atoms with Crippen molar-refractivity contribution in [2.45, 2.75) is 19.3 Å². The van der Waals surface area contributed by atoms with Gasteiger partial charge in [-0.1, -0.05) is 44.2 Å². The summed E-state index contributed by atoms with van der Waals surface area (Å²) in [5, 5.41) is 3.26. The summed E-state index contributed by atoms with van der Waals surface area (Å²) in [5.74, 6) is 0. The van der Waals surface area contributed by atoms with Crippen LogP contribution in [0.25, 0.3) is 10.4 Å². The summed E-state index contributed by atoms with van der Waals surface area (Å²) < 4.78 is 0. The molecule has 1 N–H and O–H groups in total. The fraction of sp³-hybridized carbons (Fsp3) is 0.333. The maximum Gasteiger partial charge on any atom is 0.0345 e. The predicted octanol–water partition coefficient (Wildman–Crippen LogP) is 3.91. The molecule has 0 unspecified atom stereocenters. The number of likely N-dealkylation sites (N-methyl/N-ethyl adjacent to an activating group) is 1. The summed E-state index contributed by atoms with van der Waals surface area (Å²) in [6.07, 6.45) is 0. The molecule has 0 fully saturated rings. The van der Waals surface area contributed by atoms with Gasteiger partial charge in [0, 0.05) is 21.7 Å².